The molecular weight excluding hydrogens is 281 g/mol. The first kappa shape index (κ1) is 14.9. The summed E-state index contributed by atoms with van der Waals surface area (Å²) in [5, 5.41) is 14.6. The van der Waals surface area contributed by atoms with E-state index in [9.17, 15) is 4.39 Å². The number of anilines is 1. The zero-order chi connectivity index (χ0) is 15.4. The smallest absolute Gasteiger partial charge is 0.117 e. The highest BCUT2D eigenvalue weighted by Gasteiger charge is 2.28. The van der Waals surface area contributed by atoms with E-state index in [0.29, 0.717) is 13.0 Å². The Labute approximate surface area is 130 Å². The van der Waals surface area contributed by atoms with Crippen LogP contribution in [0.2, 0.25) is 0 Å². The van der Waals surface area contributed by atoms with E-state index in [-0.39, 0.29) is 5.92 Å². The zero-order valence-corrected chi connectivity index (χ0v) is 12.5. The number of nitriles is 1. The Bertz CT molecular complexity index is 565. The van der Waals surface area contributed by atoms with Crippen LogP contribution in [-0.4, -0.2) is 36.9 Å². The fraction of sp³-hybridized carbons (Fsp3) is 0.500. The minimum absolute atomic E-state index is 0.0947. The third-order valence-corrected chi connectivity index (χ3v) is 4.23. The first-order valence-electron chi connectivity index (χ1n) is 7.64. The summed E-state index contributed by atoms with van der Waals surface area (Å²) in [5.41, 5.74) is 5.28. The van der Waals surface area contributed by atoms with E-state index in [1.54, 1.807) is 5.12 Å². The molecule has 2 aliphatic rings. The number of hydrazine groups is 1. The van der Waals surface area contributed by atoms with E-state index in [4.69, 9.17) is 5.26 Å². The number of rotatable bonds is 4. The predicted octanol–water partition coefficient (Wildman–Crippen LogP) is 2.07. The number of hydrogen-bond donors (Lipinski definition) is 1. The summed E-state index contributed by atoms with van der Waals surface area (Å²) in [7, 11) is 0. The molecule has 2 aliphatic heterocycles. The Morgan fingerprint density at radius 2 is 2.18 bits per heavy atom. The van der Waals surface area contributed by atoms with E-state index in [1.807, 2.05) is 18.3 Å². The standard InChI is InChI=1S/C16H20FN5/c17-16-12-21(10-6-14(16)5-7-18)11-13-1-3-15(4-2-13)22-19-8-9-20-22/h1-4,8,14,16,20H,5-6,9-12H2. The van der Waals surface area contributed by atoms with Crippen LogP contribution >= 0.6 is 0 Å². The summed E-state index contributed by atoms with van der Waals surface area (Å²) in [6, 6.07) is 10.2. The summed E-state index contributed by atoms with van der Waals surface area (Å²) < 4.78 is 14.0. The second kappa shape index (κ2) is 6.86. The van der Waals surface area contributed by atoms with Gasteiger partial charge in [-0.25, -0.2) is 9.82 Å². The van der Waals surface area contributed by atoms with Crippen molar-refractivity contribution < 1.29 is 4.39 Å². The van der Waals surface area contributed by atoms with Gasteiger partial charge < -0.3 is 0 Å². The lowest BCUT2D eigenvalue weighted by atomic mass is 9.92. The average Bonchev–Trinajstić information content (AvgIpc) is 3.05. The van der Waals surface area contributed by atoms with Crippen molar-refractivity contribution in [2.75, 3.05) is 24.8 Å². The molecule has 2 heterocycles. The molecular formula is C16H20FN5. The molecule has 0 saturated carbocycles. The lowest BCUT2D eigenvalue weighted by Gasteiger charge is -2.33. The topological polar surface area (TPSA) is 54.7 Å². The number of likely N-dealkylation sites (tertiary alicyclic amines) is 1. The maximum atomic E-state index is 14.0. The molecule has 3 rings (SSSR count). The van der Waals surface area contributed by atoms with E-state index >= 15 is 0 Å². The minimum atomic E-state index is -0.893. The predicted molar refractivity (Wildman–Crippen MR) is 83.9 cm³/mol. The molecule has 1 N–H and O–H groups in total. The fourth-order valence-electron chi connectivity index (χ4n) is 2.96. The molecule has 2 unspecified atom stereocenters. The molecule has 2 atom stereocenters. The molecule has 0 spiro atoms. The number of nitrogens with one attached hydrogen (secondary N) is 1. The van der Waals surface area contributed by atoms with Crippen LogP contribution in [-0.2, 0) is 6.54 Å². The SMILES string of the molecule is N#CCC1CCN(Cc2ccc(N3N=CCN3)cc2)CC1F. The van der Waals surface area contributed by atoms with Gasteiger partial charge >= 0.3 is 0 Å². The lowest BCUT2D eigenvalue weighted by Crippen LogP contribution is -2.41. The van der Waals surface area contributed by atoms with Gasteiger partial charge in [0.15, 0.2) is 0 Å². The van der Waals surface area contributed by atoms with Crippen molar-refractivity contribution >= 4 is 11.9 Å². The normalized spacial score (nSPS) is 25.4. The third-order valence-electron chi connectivity index (χ3n) is 4.23. The molecule has 1 fully saturated rings. The molecule has 0 aliphatic carbocycles. The van der Waals surface area contributed by atoms with Gasteiger partial charge in [-0.05, 0) is 30.7 Å². The van der Waals surface area contributed by atoms with Gasteiger partial charge in [-0.15, -0.1) is 0 Å². The first-order valence-corrected chi connectivity index (χ1v) is 7.64. The van der Waals surface area contributed by atoms with Crippen molar-refractivity contribution in [3.05, 3.63) is 29.8 Å². The quantitative estimate of drug-likeness (QED) is 0.925. The number of halogens is 1. The first-order chi connectivity index (χ1) is 10.8. The van der Waals surface area contributed by atoms with Crippen LogP contribution in [0.4, 0.5) is 10.1 Å². The molecule has 0 amide bonds. The molecule has 116 valence electrons. The Morgan fingerprint density at radius 1 is 1.36 bits per heavy atom. The lowest BCUT2D eigenvalue weighted by molar-refractivity contribution is 0.0821. The summed E-state index contributed by atoms with van der Waals surface area (Å²) in [5.74, 6) is -0.0947. The second-order valence-electron chi connectivity index (χ2n) is 5.80. The van der Waals surface area contributed by atoms with E-state index in [2.05, 4.69) is 33.6 Å². The number of nitrogens with zero attached hydrogens (tertiary/aromatic N) is 4. The summed E-state index contributed by atoms with van der Waals surface area (Å²) in [6.45, 7) is 2.77. The zero-order valence-electron chi connectivity index (χ0n) is 12.5. The van der Waals surface area contributed by atoms with Crippen molar-refractivity contribution in [1.29, 1.82) is 5.26 Å². The summed E-state index contributed by atoms with van der Waals surface area (Å²) >= 11 is 0. The van der Waals surface area contributed by atoms with E-state index < -0.39 is 6.17 Å². The van der Waals surface area contributed by atoms with Crippen molar-refractivity contribution in [1.82, 2.24) is 10.3 Å². The Kier molecular flexibility index (Phi) is 4.66. The molecule has 1 aromatic carbocycles. The van der Waals surface area contributed by atoms with Crippen LogP contribution in [0.15, 0.2) is 29.4 Å². The van der Waals surface area contributed by atoms with Gasteiger partial charge in [-0.2, -0.15) is 15.5 Å². The van der Waals surface area contributed by atoms with Gasteiger partial charge in [0.1, 0.15) is 6.17 Å². The highest BCUT2D eigenvalue weighted by Crippen LogP contribution is 2.25. The fourth-order valence-corrected chi connectivity index (χ4v) is 2.96. The highest BCUT2D eigenvalue weighted by atomic mass is 19.1. The van der Waals surface area contributed by atoms with Gasteiger partial charge in [0.2, 0.25) is 0 Å². The van der Waals surface area contributed by atoms with Crippen LogP contribution in [0.1, 0.15) is 18.4 Å². The van der Waals surface area contributed by atoms with E-state index in [1.165, 1.54) is 0 Å². The Hall–Kier alpha value is -1.97. The Morgan fingerprint density at radius 3 is 2.82 bits per heavy atom. The molecule has 5 nitrogen and oxygen atoms in total. The highest BCUT2D eigenvalue weighted by molar-refractivity contribution is 5.65. The number of alkyl halides is 1. The van der Waals surface area contributed by atoms with Gasteiger partial charge in [0.25, 0.3) is 0 Å². The molecule has 22 heavy (non-hydrogen) atoms. The molecule has 0 aromatic heterocycles. The van der Waals surface area contributed by atoms with Crippen molar-refractivity contribution in [3.63, 3.8) is 0 Å². The molecule has 1 aromatic rings. The monoisotopic (exact) mass is 301 g/mol. The molecule has 1 saturated heterocycles. The maximum absolute atomic E-state index is 14.0. The molecule has 0 bridgehead atoms. The van der Waals surface area contributed by atoms with Gasteiger partial charge in [0.05, 0.1) is 18.3 Å². The number of hydrazone groups is 1. The number of piperidine rings is 1. The van der Waals surface area contributed by atoms with Crippen LogP contribution < -0.4 is 10.5 Å². The van der Waals surface area contributed by atoms with E-state index in [0.717, 1.165) is 37.3 Å². The number of hydrogen-bond acceptors (Lipinski definition) is 5. The second-order valence-corrected chi connectivity index (χ2v) is 5.80. The van der Waals surface area contributed by atoms with Gasteiger partial charge in [-0.1, -0.05) is 12.1 Å². The van der Waals surface area contributed by atoms with Crippen molar-refractivity contribution in [3.8, 4) is 6.07 Å². The molecule has 6 heteroatoms. The minimum Gasteiger partial charge on any atom is -0.296 e. The van der Waals surface area contributed by atoms with Crippen LogP contribution in [0.5, 0.6) is 0 Å². The van der Waals surface area contributed by atoms with Gasteiger partial charge in [0, 0.05) is 31.6 Å². The summed E-state index contributed by atoms with van der Waals surface area (Å²) in [4.78, 5) is 2.12. The van der Waals surface area contributed by atoms with Crippen LogP contribution in [0, 0.1) is 17.2 Å². The maximum Gasteiger partial charge on any atom is 0.117 e. The molecule has 0 radical (unpaired) electrons. The van der Waals surface area contributed by atoms with Crippen LogP contribution in [0.3, 0.4) is 0 Å². The third kappa shape index (κ3) is 3.43. The largest absolute Gasteiger partial charge is 0.296 e. The Balaban J connectivity index is 1.55. The van der Waals surface area contributed by atoms with Crippen molar-refractivity contribution in [2.24, 2.45) is 11.0 Å². The van der Waals surface area contributed by atoms with Gasteiger partial charge in [-0.3, -0.25) is 4.90 Å². The van der Waals surface area contributed by atoms with Crippen molar-refractivity contribution in [2.45, 2.75) is 25.6 Å². The average molecular weight is 301 g/mol. The van der Waals surface area contributed by atoms with Crippen LogP contribution in [0.25, 0.3) is 0 Å². The summed E-state index contributed by atoms with van der Waals surface area (Å²) in [6.07, 6.45) is 2.02. The number of benzene rings is 1.